The van der Waals surface area contributed by atoms with Crippen LogP contribution in [0.3, 0.4) is 0 Å². The fourth-order valence-electron chi connectivity index (χ4n) is 8.02. The number of benzene rings is 5. The standard InChI is InChI=1S/C25H13FNOS.C25H15N2OS.2C5H8O2.2Ir/c26-17-10-8-15(9-11-17)23-12-16-14-27-21(13-24(16)29-23)20-6-3-5-19-18-4-1-2-7-22(18)28-25(19)20;1-15-10-11-19-18-8-5-9-20(24(18)28-25(19)27-15)21-13-23-17(14-26-21)12-22(29-23)16-6-3-2-4-7-16;2*1-4(6)3-5(2)7;;/h1-5,7-14H;2-8,10-14H,1H3;2*3,6H,1-2H3;;/q2*-1;;;;. The average molecular weight is 1370 g/mol. The normalized spacial score (nSPS) is 11.3. The quantitative estimate of drug-likeness (QED) is 0.0946. The van der Waals surface area contributed by atoms with Crippen LogP contribution in [-0.4, -0.2) is 36.7 Å². The number of aliphatic hydroxyl groups is 2. The van der Waals surface area contributed by atoms with E-state index in [1.807, 2.05) is 73.9 Å². The molecular weight excluding hydrogens is 1330 g/mol. The summed E-state index contributed by atoms with van der Waals surface area (Å²) in [6.45, 7) is 7.67. The molecule has 0 saturated heterocycles. The number of halogens is 1. The van der Waals surface area contributed by atoms with Gasteiger partial charge >= 0.3 is 0 Å². The number of hydrogen-bond donors (Lipinski definition) is 2. The number of para-hydroxylation sites is 1. The molecule has 74 heavy (non-hydrogen) atoms. The van der Waals surface area contributed by atoms with E-state index in [4.69, 9.17) is 24.0 Å². The summed E-state index contributed by atoms with van der Waals surface area (Å²) in [6.07, 6.45) is 6.15. The molecule has 5 aromatic carbocycles. The second-order valence-corrected chi connectivity index (χ2v) is 19.0. The third kappa shape index (κ3) is 12.5. The SMILES string of the molecule is CC(=O)C=C(C)O.CC(=O)C=C(C)O.Cc1ccc2c(n1)oc1c(-c3cc4sc(-c5ccccc5)cc4cn3)[c-]ccc12.Fc1ccc(-c2cc3cnc(-c4[c-]ccc5c4oc4ccccc45)cc3s2)cc1.[Ir].[Ir]. The maximum Gasteiger partial charge on any atom is 0.216 e. The summed E-state index contributed by atoms with van der Waals surface area (Å²) in [5.41, 5.74) is 9.69. The number of carbonyl (C=O) groups excluding carboxylic acids is 2. The molecule has 0 aliphatic rings. The van der Waals surface area contributed by atoms with E-state index in [-0.39, 0.29) is 69.1 Å². The first-order chi connectivity index (χ1) is 34.8. The summed E-state index contributed by atoms with van der Waals surface area (Å²) >= 11 is 3.44. The van der Waals surface area contributed by atoms with Gasteiger partial charge in [0.25, 0.3) is 0 Å². The number of pyridine rings is 3. The Hall–Kier alpha value is -7.28. The summed E-state index contributed by atoms with van der Waals surface area (Å²) < 4.78 is 27.8. The van der Waals surface area contributed by atoms with Gasteiger partial charge in [-0.25, -0.2) is 9.37 Å². The largest absolute Gasteiger partial charge is 0.512 e. The first kappa shape index (κ1) is 54.5. The molecule has 0 spiro atoms. The third-order valence-electron chi connectivity index (χ3n) is 11.1. The molecule has 0 saturated carbocycles. The van der Waals surface area contributed by atoms with Crippen molar-refractivity contribution in [1.29, 1.82) is 0 Å². The molecule has 0 amide bonds. The topological polar surface area (TPSA) is 140 Å². The van der Waals surface area contributed by atoms with Gasteiger partial charge in [-0.3, -0.25) is 9.59 Å². The molecule has 14 heteroatoms. The van der Waals surface area contributed by atoms with Gasteiger partial charge in [0, 0.05) is 111 Å². The summed E-state index contributed by atoms with van der Waals surface area (Å²) in [4.78, 5) is 36.3. The van der Waals surface area contributed by atoms with Crippen LogP contribution in [0.15, 0.2) is 184 Å². The van der Waals surface area contributed by atoms with Gasteiger partial charge in [-0.15, -0.1) is 59.1 Å². The van der Waals surface area contributed by atoms with Crippen LogP contribution in [0, 0.1) is 24.9 Å². The number of carbonyl (C=O) groups is 2. The molecule has 0 unspecified atom stereocenters. The molecule has 0 atom stereocenters. The Kier molecular flexibility index (Phi) is 17.8. The summed E-state index contributed by atoms with van der Waals surface area (Å²) in [7, 11) is 0. The zero-order chi connectivity index (χ0) is 50.5. The van der Waals surface area contributed by atoms with Gasteiger partial charge in [0.15, 0.2) is 11.6 Å². The molecule has 0 bridgehead atoms. The van der Waals surface area contributed by atoms with E-state index in [9.17, 15) is 14.0 Å². The van der Waals surface area contributed by atoms with Crippen molar-refractivity contribution in [2.45, 2.75) is 34.6 Å². The number of thiophene rings is 2. The van der Waals surface area contributed by atoms with Crippen molar-refractivity contribution in [2.75, 3.05) is 0 Å². The van der Waals surface area contributed by atoms with E-state index < -0.39 is 0 Å². The molecule has 7 aromatic heterocycles. The number of ketones is 2. The van der Waals surface area contributed by atoms with E-state index in [2.05, 4.69) is 82.8 Å². The zero-order valence-electron chi connectivity index (χ0n) is 40.3. The van der Waals surface area contributed by atoms with E-state index >= 15 is 0 Å². The monoisotopic (exact) mass is 1370 g/mol. The molecule has 2 N–H and O–H groups in total. The number of aromatic nitrogens is 3. The predicted molar refractivity (Wildman–Crippen MR) is 290 cm³/mol. The second kappa shape index (κ2) is 24.2. The minimum atomic E-state index is -0.228. The Morgan fingerprint density at radius 2 is 1.08 bits per heavy atom. The van der Waals surface area contributed by atoms with E-state index in [1.54, 1.807) is 34.8 Å². The van der Waals surface area contributed by atoms with Gasteiger partial charge < -0.3 is 29.0 Å². The van der Waals surface area contributed by atoms with Crippen LogP contribution < -0.4 is 0 Å². The van der Waals surface area contributed by atoms with Crippen molar-refractivity contribution in [1.82, 2.24) is 15.0 Å². The minimum Gasteiger partial charge on any atom is -0.512 e. The molecule has 0 aliphatic heterocycles. The van der Waals surface area contributed by atoms with Crippen molar-refractivity contribution in [3.63, 3.8) is 0 Å². The van der Waals surface area contributed by atoms with Gasteiger partial charge in [0.1, 0.15) is 11.4 Å². The molecule has 12 rings (SSSR count). The zero-order valence-corrected chi connectivity index (χ0v) is 46.7. The number of aryl methyl sites for hydroxylation is 1. The smallest absolute Gasteiger partial charge is 0.216 e. The number of allylic oxidation sites excluding steroid dienone is 4. The van der Waals surface area contributed by atoms with Crippen LogP contribution >= 0.6 is 22.7 Å². The Morgan fingerprint density at radius 1 is 0.581 bits per heavy atom. The molecule has 0 aliphatic carbocycles. The number of rotatable bonds is 6. The third-order valence-corrected chi connectivity index (χ3v) is 13.4. The van der Waals surface area contributed by atoms with Gasteiger partial charge in [-0.2, -0.15) is 0 Å². The predicted octanol–water partition coefficient (Wildman–Crippen LogP) is 16.6. The van der Waals surface area contributed by atoms with Crippen LogP contribution in [0.5, 0.6) is 0 Å². The Morgan fingerprint density at radius 3 is 1.61 bits per heavy atom. The fourth-order valence-corrected chi connectivity index (χ4v) is 10.2. The van der Waals surface area contributed by atoms with Gasteiger partial charge in [0.2, 0.25) is 5.71 Å². The number of hydrogen-bond acceptors (Lipinski definition) is 11. The number of aliphatic hydroxyl groups excluding tert-OH is 2. The fraction of sp³-hybridized carbons (Fsp3) is 0.0833. The first-order valence-electron chi connectivity index (χ1n) is 22.7. The number of nitrogens with zero attached hydrogens (tertiary/aromatic N) is 3. The number of furan rings is 2. The summed E-state index contributed by atoms with van der Waals surface area (Å²) in [5, 5.41) is 23.2. The summed E-state index contributed by atoms with van der Waals surface area (Å²) in [5.74, 6) is -0.353. The van der Waals surface area contributed by atoms with Crippen molar-refractivity contribution < 1.29 is 73.2 Å². The van der Waals surface area contributed by atoms with E-state index in [1.165, 1.54) is 67.1 Å². The molecule has 7 heterocycles. The Bertz CT molecular complexity index is 3990. The molecule has 0 fully saturated rings. The second-order valence-electron chi connectivity index (χ2n) is 16.8. The van der Waals surface area contributed by atoms with Crippen LogP contribution in [0.1, 0.15) is 33.4 Å². The van der Waals surface area contributed by atoms with Crippen LogP contribution in [0.2, 0.25) is 0 Å². The average Bonchev–Trinajstić information content (AvgIpc) is 4.16. The maximum atomic E-state index is 13.2. The van der Waals surface area contributed by atoms with Crippen molar-refractivity contribution in [3.05, 3.63) is 199 Å². The molecule has 9 nitrogen and oxygen atoms in total. The number of fused-ring (bicyclic) bond motifs is 8. The first-order valence-corrected chi connectivity index (χ1v) is 24.3. The van der Waals surface area contributed by atoms with Crippen molar-refractivity contribution in [2.24, 2.45) is 0 Å². The van der Waals surface area contributed by atoms with Crippen LogP contribution in [0.4, 0.5) is 4.39 Å². The van der Waals surface area contributed by atoms with E-state index in [0.29, 0.717) is 5.71 Å². The molecule has 374 valence electrons. The molecule has 12 aromatic rings. The van der Waals surface area contributed by atoms with Crippen molar-refractivity contribution >= 4 is 98.4 Å². The molecular formula is C60H44FIr2N3O6S2-2. The Balaban J connectivity index is 0.000000169. The van der Waals surface area contributed by atoms with Gasteiger partial charge in [0.05, 0.1) is 22.7 Å². The van der Waals surface area contributed by atoms with Crippen molar-refractivity contribution in [3.8, 4) is 43.4 Å². The minimum absolute atomic E-state index is 0. The van der Waals surface area contributed by atoms with E-state index in [0.717, 1.165) is 92.4 Å². The van der Waals surface area contributed by atoms with Crippen LogP contribution in [-0.2, 0) is 49.8 Å². The van der Waals surface area contributed by atoms with Crippen LogP contribution in [0.25, 0.3) is 108 Å². The van der Waals surface area contributed by atoms with Gasteiger partial charge in [-0.1, -0.05) is 94.7 Å². The molecule has 2 radical (unpaired) electrons. The Labute approximate surface area is 460 Å². The van der Waals surface area contributed by atoms with Gasteiger partial charge in [-0.05, 0) is 99.6 Å². The summed E-state index contributed by atoms with van der Waals surface area (Å²) in [6, 6.07) is 52.2. The maximum absolute atomic E-state index is 13.2.